The van der Waals surface area contributed by atoms with Crippen LogP contribution in [0.3, 0.4) is 0 Å². The van der Waals surface area contributed by atoms with Crippen LogP contribution < -0.4 is 5.73 Å². The molecular weight excluding hydrogens is 344 g/mol. The number of nitrogens with two attached hydrogens (primary N) is 1. The van der Waals surface area contributed by atoms with E-state index in [4.69, 9.17) is 15.6 Å². The van der Waals surface area contributed by atoms with Crippen LogP contribution in [0.15, 0.2) is 9.78 Å². The summed E-state index contributed by atoms with van der Waals surface area (Å²) in [6, 6.07) is -0.832. The van der Waals surface area contributed by atoms with Gasteiger partial charge in [-0.15, -0.1) is 5.12 Å². The summed E-state index contributed by atoms with van der Waals surface area (Å²) in [6.07, 6.45) is 0.842. The van der Waals surface area contributed by atoms with Gasteiger partial charge in [0.1, 0.15) is 12.4 Å². The molecule has 17 heavy (non-hydrogen) atoms. The van der Waals surface area contributed by atoms with E-state index < -0.39 is 18.4 Å². The molecule has 2 heterocycles. The van der Waals surface area contributed by atoms with E-state index in [0.717, 1.165) is 0 Å². The molecule has 6 nitrogen and oxygen atoms in total. The van der Waals surface area contributed by atoms with Gasteiger partial charge in [0, 0.05) is 9.78 Å². The monoisotopic (exact) mass is 357 g/mol. The number of hydrogen-bond acceptors (Lipinski definition) is 4. The number of hydrogen-bond donors (Lipinski definition) is 2. The molecule has 1 fully saturated rings. The van der Waals surface area contributed by atoms with Crippen LogP contribution in [-0.4, -0.2) is 46.3 Å². The van der Waals surface area contributed by atoms with Crippen molar-refractivity contribution >= 4 is 28.6 Å². The van der Waals surface area contributed by atoms with E-state index in [-0.39, 0.29) is 17.8 Å². The summed E-state index contributed by atoms with van der Waals surface area (Å²) in [5.41, 5.74) is 5.47. The molecule has 0 aromatic heterocycles. The molecule has 1 saturated heterocycles. The lowest BCUT2D eigenvalue weighted by molar-refractivity contribution is -0.0609. The Morgan fingerprint density at radius 3 is 2.94 bits per heavy atom. The van der Waals surface area contributed by atoms with Crippen LogP contribution >= 0.6 is 22.6 Å². The highest BCUT2D eigenvalue weighted by atomic mass is 127. The van der Waals surface area contributed by atoms with E-state index in [1.807, 2.05) is 22.6 Å². The zero-order valence-electron chi connectivity index (χ0n) is 8.92. The number of carbonyl (C=O) groups is 1. The number of halogens is 2. The van der Waals surface area contributed by atoms with Crippen LogP contribution in [0.5, 0.6) is 0 Å². The maximum Gasteiger partial charge on any atom is 0.356 e. The minimum Gasteiger partial charge on any atom is -0.394 e. The molecule has 0 aliphatic carbocycles. The number of rotatable bonds is 2. The molecule has 0 aromatic carbocycles. The van der Waals surface area contributed by atoms with Gasteiger partial charge >= 0.3 is 6.03 Å². The molecule has 2 amide bonds. The lowest BCUT2D eigenvalue weighted by Crippen LogP contribution is -2.52. The molecule has 2 aliphatic heterocycles. The van der Waals surface area contributed by atoms with Gasteiger partial charge in [0.15, 0.2) is 0 Å². The van der Waals surface area contributed by atoms with Gasteiger partial charge in [-0.05, 0) is 35.4 Å². The summed E-state index contributed by atoms with van der Waals surface area (Å²) in [6.45, 7) is -0.0990. The number of aliphatic hydroxyl groups excluding tert-OH is 1. The largest absolute Gasteiger partial charge is 0.394 e. The Balaban J connectivity index is 2.13. The van der Waals surface area contributed by atoms with Gasteiger partial charge in [-0.2, -0.15) is 0 Å². The molecule has 0 saturated carbocycles. The molecule has 0 spiro atoms. The zero-order chi connectivity index (χ0) is 12.6. The lowest BCUT2D eigenvalue weighted by Gasteiger charge is -2.34. The van der Waals surface area contributed by atoms with Gasteiger partial charge in [-0.3, -0.25) is 4.90 Å². The van der Waals surface area contributed by atoms with E-state index in [9.17, 15) is 9.28 Å². The first-order chi connectivity index (χ1) is 8.04. The second-order valence-electron chi connectivity index (χ2n) is 3.93. The predicted molar refractivity (Wildman–Crippen MR) is 65.2 cm³/mol. The fourth-order valence-electron chi connectivity index (χ4n) is 1.83. The second kappa shape index (κ2) is 5.04. The van der Waals surface area contributed by atoms with E-state index in [1.165, 1.54) is 11.1 Å². The van der Waals surface area contributed by atoms with Gasteiger partial charge in [0.25, 0.3) is 0 Å². The summed E-state index contributed by atoms with van der Waals surface area (Å²) in [5.74, 6) is 0. The zero-order valence-corrected chi connectivity index (χ0v) is 11.1. The van der Waals surface area contributed by atoms with Crippen LogP contribution in [0.25, 0.3) is 0 Å². The molecule has 0 bridgehead atoms. The summed E-state index contributed by atoms with van der Waals surface area (Å²) in [7, 11) is 0. The average Bonchev–Trinajstić information content (AvgIpc) is 2.79. The third kappa shape index (κ3) is 2.39. The lowest BCUT2D eigenvalue weighted by atomic mass is 10.2. The highest BCUT2D eigenvalue weighted by Gasteiger charge is 2.39. The topological polar surface area (TPSA) is 79.0 Å². The van der Waals surface area contributed by atoms with E-state index in [1.54, 1.807) is 0 Å². The molecule has 3 N–H and O–H groups in total. The van der Waals surface area contributed by atoms with Gasteiger partial charge in [0.05, 0.1) is 12.7 Å². The van der Waals surface area contributed by atoms with Crippen molar-refractivity contribution in [3.05, 3.63) is 9.78 Å². The molecule has 1 unspecified atom stereocenters. The Morgan fingerprint density at radius 2 is 2.35 bits per heavy atom. The second-order valence-corrected chi connectivity index (χ2v) is 5.18. The molecule has 8 heteroatoms. The Morgan fingerprint density at radius 1 is 1.65 bits per heavy atom. The average molecular weight is 357 g/mol. The van der Waals surface area contributed by atoms with Crippen LogP contribution in [-0.2, 0) is 4.74 Å². The minimum absolute atomic E-state index is 0.0165. The number of ether oxygens (including phenoxy) is 1. The molecule has 2 aliphatic rings. The fraction of sp³-hybridized carbons (Fsp3) is 0.667. The van der Waals surface area contributed by atoms with Gasteiger partial charge in [-0.25, -0.2) is 4.79 Å². The highest BCUT2D eigenvalue weighted by molar-refractivity contribution is 14.1. The first-order valence-electron chi connectivity index (χ1n) is 5.21. The summed E-state index contributed by atoms with van der Waals surface area (Å²) >= 11 is 1.88. The Kier molecular flexibility index (Phi) is 3.85. The first kappa shape index (κ1) is 13.0. The quantitative estimate of drug-likeness (QED) is 0.563. The Hall–Kier alpha value is -0.450. The number of amides is 2. The van der Waals surface area contributed by atoms with Gasteiger partial charge in [-0.1, -0.05) is 4.48 Å². The number of nitrogens with zero attached hydrogens (tertiary/aromatic N) is 2. The standard InChI is InChI=1S/C9H13FIN3O3/c10-14-8(12)6(11)3-13(9(14)16)7-2-1-5(4-15)17-7/h3,5,7-8,15H,1-2,4,12H2/t5-,7+,8?/m0/s1. The van der Waals surface area contributed by atoms with Gasteiger partial charge in [0.2, 0.25) is 0 Å². The van der Waals surface area contributed by atoms with Crippen molar-refractivity contribution in [1.29, 1.82) is 0 Å². The van der Waals surface area contributed by atoms with Crippen molar-refractivity contribution in [3.63, 3.8) is 0 Å². The van der Waals surface area contributed by atoms with Crippen molar-refractivity contribution in [3.8, 4) is 0 Å². The molecule has 96 valence electrons. The van der Waals surface area contributed by atoms with Crippen molar-refractivity contribution in [2.75, 3.05) is 6.61 Å². The van der Waals surface area contributed by atoms with Crippen LogP contribution in [0.2, 0.25) is 0 Å². The first-order valence-corrected chi connectivity index (χ1v) is 6.29. The number of urea groups is 1. The molecule has 0 aromatic rings. The molecular formula is C9H13FIN3O3. The van der Waals surface area contributed by atoms with Crippen LogP contribution in [0.4, 0.5) is 9.28 Å². The van der Waals surface area contributed by atoms with Crippen molar-refractivity contribution in [1.82, 2.24) is 10.0 Å². The van der Waals surface area contributed by atoms with E-state index in [0.29, 0.717) is 16.4 Å². The van der Waals surface area contributed by atoms with Crippen LogP contribution in [0, 0.1) is 0 Å². The fourth-order valence-corrected chi connectivity index (χ4v) is 2.38. The SMILES string of the molecule is NC1C(I)=CN([C@H]2CC[C@@H](CO)O2)C(=O)N1F. The third-order valence-electron chi connectivity index (χ3n) is 2.79. The van der Waals surface area contributed by atoms with Crippen molar-refractivity contribution in [2.24, 2.45) is 5.73 Å². The maximum atomic E-state index is 13.5. The predicted octanol–water partition coefficient (Wildman–Crippen LogP) is 0.667. The molecule has 3 atom stereocenters. The third-order valence-corrected chi connectivity index (χ3v) is 3.71. The highest BCUT2D eigenvalue weighted by Crippen LogP contribution is 2.29. The minimum atomic E-state index is -1.05. The Bertz CT molecular complexity index is 354. The molecule has 2 rings (SSSR count). The number of aliphatic hydroxyl groups is 1. The van der Waals surface area contributed by atoms with E-state index >= 15 is 0 Å². The smallest absolute Gasteiger partial charge is 0.356 e. The van der Waals surface area contributed by atoms with Gasteiger partial charge < -0.3 is 15.6 Å². The number of carbonyl (C=O) groups excluding carboxylic acids is 1. The maximum absolute atomic E-state index is 13.5. The van der Waals surface area contributed by atoms with Crippen LogP contribution in [0.1, 0.15) is 12.8 Å². The Labute approximate surface area is 111 Å². The van der Waals surface area contributed by atoms with E-state index in [2.05, 4.69) is 0 Å². The van der Waals surface area contributed by atoms with Crippen molar-refractivity contribution in [2.45, 2.75) is 31.3 Å². The summed E-state index contributed by atoms with van der Waals surface area (Å²) < 4.78 is 19.4. The molecule has 0 radical (unpaired) electrons. The van der Waals surface area contributed by atoms with Crippen molar-refractivity contribution < 1.29 is 19.1 Å². The summed E-state index contributed by atoms with van der Waals surface area (Å²) in [5, 5.41) is 8.93. The summed E-state index contributed by atoms with van der Waals surface area (Å²) in [4.78, 5) is 12.9. The normalized spacial score (nSPS) is 34.2.